The Hall–Kier alpha value is -5.60. The SMILES string of the molecule is [2H]c1c([2H])c([2H])c2c(-c3cc4cc(-c5ccccc5)oc4c4oc5ccccc5c34)c3c([2H])c([2H])c([2H])c([2H])c3c(-c3ccccc3)c2c1[2H]. The highest BCUT2D eigenvalue weighted by atomic mass is 16.4. The lowest BCUT2D eigenvalue weighted by Gasteiger charge is -2.18. The molecule has 42 heavy (non-hydrogen) atoms. The fourth-order valence-corrected chi connectivity index (χ4v) is 6.12. The number of hydrogen-bond donors (Lipinski definition) is 0. The van der Waals surface area contributed by atoms with E-state index in [9.17, 15) is 5.48 Å². The molecule has 0 aliphatic rings. The van der Waals surface area contributed by atoms with Gasteiger partial charge in [-0.25, -0.2) is 0 Å². The minimum Gasteiger partial charge on any atom is -0.452 e. The topological polar surface area (TPSA) is 26.3 Å². The molecule has 0 fully saturated rings. The molecule has 0 saturated heterocycles. The Labute approximate surface area is 253 Å². The van der Waals surface area contributed by atoms with Crippen LogP contribution in [0.5, 0.6) is 0 Å². The van der Waals surface area contributed by atoms with Gasteiger partial charge in [-0.05, 0) is 62.0 Å². The summed E-state index contributed by atoms with van der Waals surface area (Å²) >= 11 is 0. The minimum atomic E-state index is -0.452. The first-order valence-corrected chi connectivity index (χ1v) is 13.6. The fraction of sp³-hybridized carbons (Fsp3) is 0. The lowest BCUT2D eigenvalue weighted by atomic mass is 9.84. The van der Waals surface area contributed by atoms with Crippen LogP contribution in [0.4, 0.5) is 0 Å². The molecular weight excluding hydrogens is 512 g/mol. The Morgan fingerprint density at radius 3 is 1.71 bits per heavy atom. The van der Waals surface area contributed by atoms with E-state index in [1.807, 2.05) is 72.8 Å². The Morgan fingerprint density at radius 1 is 0.476 bits per heavy atom. The molecule has 0 aliphatic carbocycles. The summed E-state index contributed by atoms with van der Waals surface area (Å²) in [4.78, 5) is 0. The number of benzene rings is 7. The lowest BCUT2D eigenvalue weighted by Crippen LogP contribution is -1.91. The summed E-state index contributed by atoms with van der Waals surface area (Å²) in [5, 5.41) is 2.57. The standard InChI is InChI=1S/C40H24O2/c1-3-13-25(14-4-1)35-24-27-23-33(38-32-21-11-12-22-34(32)41-40(38)39(27)42-35)37-30-19-9-7-17-28(30)36(26-15-5-2-6-16-26)29-18-8-10-20-31(29)37/h1-24H/i7D,8D,9D,10D,17D,18D,19D,20D. The molecule has 0 aliphatic heterocycles. The second-order valence-corrected chi connectivity index (χ2v) is 10.2. The van der Waals surface area contributed by atoms with Crippen molar-refractivity contribution in [2.24, 2.45) is 0 Å². The molecule has 0 saturated carbocycles. The Morgan fingerprint density at radius 2 is 1.05 bits per heavy atom. The van der Waals surface area contributed by atoms with Crippen LogP contribution in [-0.2, 0) is 0 Å². The van der Waals surface area contributed by atoms with Crippen molar-refractivity contribution in [3.8, 4) is 33.6 Å². The third-order valence-corrected chi connectivity index (χ3v) is 7.90. The highest BCUT2D eigenvalue weighted by Crippen LogP contribution is 2.49. The van der Waals surface area contributed by atoms with Gasteiger partial charge in [0.15, 0.2) is 11.2 Å². The van der Waals surface area contributed by atoms with Crippen molar-refractivity contribution in [2.45, 2.75) is 0 Å². The summed E-state index contributed by atoms with van der Waals surface area (Å²) in [6.45, 7) is 0. The molecule has 0 radical (unpaired) electrons. The molecule has 0 unspecified atom stereocenters. The fourth-order valence-electron chi connectivity index (χ4n) is 6.12. The van der Waals surface area contributed by atoms with Gasteiger partial charge >= 0.3 is 0 Å². The van der Waals surface area contributed by atoms with Crippen LogP contribution in [0.2, 0.25) is 0 Å². The molecule has 9 aromatic rings. The molecule has 0 spiro atoms. The molecule has 2 nitrogen and oxygen atoms in total. The summed E-state index contributed by atoms with van der Waals surface area (Å²) in [5.41, 5.74) is 3.92. The molecule has 2 aromatic heterocycles. The van der Waals surface area contributed by atoms with Crippen LogP contribution in [0.1, 0.15) is 11.0 Å². The van der Waals surface area contributed by atoms with E-state index in [0.717, 1.165) is 5.56 Å². The molecule has 9 rings (SSSR count). The molecular formula is C40H24O2. The van der Waals surface area contributed by atoms with Gasteiger partial charge in [0.2, 0.25) is 0 Å². The van der Waals surface area contributed by atoms with Gasteiger partial charge in [-0.15, -0.1) is 0 Å². The maximum absolute atomic E-state index is 9.36. The van der Waals surface area contributed by atoms with Crippen molar-refractivity contribution in [1.82, 2.24) is 0 Å². The van der Waals surface area contributed by atoms with Gasteiger partial charge in [0, 0.05) is 21.7 Å². The zero-order valence-corrected chi connectivity index (χ0v) is 22.1. The van der Waals surface area contributed by atoms with E-state index >= 15 is 0 Å². The van der Waals surface area contributed by atoms with Crippen LogP contribution in [0.15, 0.2) is 154 Å². The average molecular weight is 545 g/mol. The summed E-state index contributed by atoms with van der Waals surface area (Å²) in [6, 6.07) is 26.7. The third kappa shape index (κ3) is 3.33. The highest BCUT2D eigenvalue weighted by molar-refractivity contribution is 6.28. The highest BCUT2D eigenvalue weighted by Gasteiger charge is 2.23. The normalized spacial score (nSPS) is 14.5. The molecule has 0 atom stereocenters. The zero-order chi connectivity index (χ0) is 34.6. The van der Waals surface area contributed by atoms with Crippen LogP contribution >= 0.6 is 0 Å². The van der Waals surface area contributed by atoms with Gasteiger partial charge in [0.05, 0.1) is 11.0 Å². The molecule has 0 amide bonds. The monoisotopic (exact) mass is 544 g/mol. The molecule has 2 heterocycles. The predicted molar refractivity (Wildman–Crippen MR) is 175 cm³/mol. The van der Waals surface area contributed by atoms with Crippen LogP contribution in [-0.4, -0.2) is 0 Å². The summed E-state index contributed by atoms with van der Waals surface area (Å²) in [6.07, 6.45) is 0. The largest absolute Gasteiger partial charge is 0.452 e. The first kappa shape index (κ1) is 16.6. The summed E-state index contributed by atoms with van der Waals surface area (Å²) in [7, 11) is 0. The molecule has 0 N–H and O–H groups in total. The molecule has 196 valence electrons. The van der Waals surface area contributed by atoms with E-state index in [-0.39, 0.29) is 51.3 Å². The van der Waals surface area contributed by atoms with E-state index in [1.54, 1.807) is 24.3 Å². The Kier molecular flexibility index (Phi) is 3.54. The van der Waals surface area contributed by atoms with E-state index < -0.39 is 24.2 Å². The molecule has 7 aromatic carbocycles. The van der Waals surface area contributed by atoms with Crippen molar-refractivity contribution in [2.75, 3.05) is 0 Å². The van der Waals surface area contributed by atoms with Crippen molar-refractivity contribution in [1.29, 1.82) is 0 Å². The smallest absolute Gasteiger partial charge is 0.179 e. The number of fused-ring (bicyclic) bond motifs is 7. The maximum atomic E-state index is 9.36. The van der Waals surface area contributed by atoms with Gasteiger partial charge in [-0.3, -0.25) is 0 Å². The first-order chi connectivity index (χ1) is 24.2. The van der Waals surface area contributed by atoms with E-state index in [2.05, 4.69) is 0 Å². The number of furan rings is 2. The molecule has 0 bridgehead atoms. The summed E-state index contributed by atoms with van der Waals surface area (Å²) < 4.78 is 85.2. The minimum absolute atomic E-state index is 0.144. The van der Waals surface area contributed by atoms with Crippen LogP contribution < -0.4 is 0 Å². The van der Waals surface area contributed by atoms with Gasteiger partial charge in [-0.1, -0.05) is 127 Å². The predicted octanol–water partition coefficient (Wildman–Crippen LogP) is 11.6. The lowest BCUT2D eigenvalue weighted by molar-refractivity contribution is 0.611. The Bertz CT molecular complexity index is 2810. The quantitative estimate of drug-likeness (QED) is 0.207. The third-order valence-electron chi connectivity index (χ3n) is 7.90. The number of para-hydroxylation sites is 1. The molecule has 2 heteroatoms. The number of rotatable bonds is 3. The van der Waals surface area contributed by atoms with E-state index in [1.165, 1.54) is 0 Å². The zero-order valence-electron chi connectivity index (χ0n) is 30.1. The second kappa shape index (κ2) is 8.95. The maximum Gasteiger partial charge on any atom is 0.179 e. The van der Waals surface area contributed by atoms with Gasteiger partial charge in [-0.2, -0.15) is 0 Å². The van der Waals surface area contributed by atoms with Gasteiger partial charge < -0.3 is 8.83 Å². The second-order valence-electron chi connectivity index (χ2n) is 10.2. The Balaban J connectivity index is 1.60. The first-order valence-electron chi connectivity index (χ1n) is 17.6. The summed E-state index contributed by atoms with van der Waals surface area (Å²) in [5.74, 6) is 0.595. The van der Waals surface area contributed by atoms with Crippen molar-refractivity contribution >= 4 is 54.5 Å². The van der Waals surface area contributed by atoms with Crippen LogP contribution in [0.3, 0.4) is 0 Å². The van der Waals surface area contributed by atoms with Gasteiger partial charge in [0.1, 0.15) is 11.3 Å². The van der Waals surface area contributed by atoms with Crippen LogP contribution in [0.25, 0.3) is 88.0 Å². The van der Waals surface area contributed by atoms with Crippen molar-refractivity contribution in [3.05, 3.63) is 145 Å². The van der Waals surface area contributed by atoms with E-state index in [4.69, 9.17) is 14.3 Å². The van der Waals surface area contributed by atoms with Crippen LogP contribution in [0, 0.1) is 0 Å². The van der Waals surface area contributed by atoms with Crippen molar-refractivity contribution < 1.29 is 19.8 Å². The van der Waals surface area contributed by atoms with Crippen molar-refractivity contribution in [3.63, 3.8) is 0 Å². The number of hydrogen-bond acceptors (Lipinski definition) is 2. The van der Waals surface area contributed by atoms with Gasteiger partial charge in [0.25, 0.3) is 0 Å². The van der Waals surface area contributed by atoms with E-state index in [0.29, 0.717) is 55.4 Å². The average Bonchev–Trinajstić information content (AvgIpc) is 3.76.